The summed E-state index contributed by atoms with van der Waals surface area (Å²) in [6.07, 6.45) is 3.24. The maximum atomic E-state index is 13.9. The lowest BCUT2D eigenvalue weighted by Crippen LogP contribution is -2.30. The Balaban J connectivity index is 2.30. The van der Waals surface area contributed by atoms with Gasteiger partial charge in [0.25, 0.3) is 0 Å². The van der Waals surface area contributed by atoms with Gasteiger partial charge >= 0.3 is 0 Å². The van der Waals surface area contributed by atoms with Crippen molar-refractivity contribution < 1.29 is 13.9 Å². The van der Waals surface area contributed by atoms with E-state index < -0.39 is 5.82 Å². The lowest BCUT2D eigenvalue weighted by molar-refractivity contribution is 0.326. The Morgan fingerprint density at radius 2 is 2.11 bits per heavy atom. The second-order valence-electron chi connectivity index (χ2n) is 4.81. The topological polar surface area (TPSA) is 30.5 Å². The predicted octanol–water partition coefficient (Wildman–Crippen LogP) is 3.15. The molecule has 1 aliphatic rings. The van der Waals surface area contributed by atoms with Crippen molar-refractivity contribution in [3.63, 3.8) is 0 Å². The van der Waals surface area contributed by atoms with Crippen molar-refractivity contribution in [1.82, 2.24) is 5.32 Å². The monoisotopic (exact) mass is 331 g/mol. The molecule has 3 nitrogen and oxygen atoms in total. The van der Waals surface area contributed by atoms with E-state index in [1.165, 1.54) is 20.0 Å². The predicted molar refractivity (Wildman–Crippen MR) is 76.5 cm³/mol. The maximum absolute atomic E-state index is 13.9. The van der Waals surface area contributed by atoms with Crippen LogP contribution in [0.4, 0.5) is 4.39 Å². The number of benzene rings is 1. The van der Waals surface area contributed by atoms with E-state index in [1.807, 2.05) is 0 Å². The molecule has 1 heterocycles. The number of ether oxygens (including phenoxy) is 2. The average molecular weight is 332 g/mol. The van der Waals surface area contributed by atoms with Crippen LogP contribution >= 0.6 is 15.9 Å². The second-order valence-corrected chi connectivity index (χ2v) is 5.67. The highest BCUT2D eigenvalue weighted by molar-refractivity contribution is 9.10. The molecule has 1 atom stereocenters. The van der Waals surface area contributed by atoms with Crippen LogP contribution in [-0.2, 0) is 6.42 Å². The molecule has 1 fully saturated rings. The minimum atomic E-state index is -0.412. The highest BCUT2D eigenvalue weighted by Crippen LogP contribution is 2.39. The van der Waals surface area contributed by atoms with Gasteiger partial charge in [-0.05, 0) is 65.8 Å². The van der Waals surface area contributed by atoms with E-state index in [0.29, 0.717) is 16.1 Å². The molecule has 1 saturated heterocycles. The van der Waals surface area contributed by atoms with Gasteiger partial charge in [-0.15, -0.1) is 0 Å². The van der Waals surface area contributed by atoms with Crippen LogP contribution in [0.25, 0.3) is 0 Å². The fourth-order valence-corrected chi connectivity index (χ4v) is 3.06. The molecule has 0 amide bonds. The van der Waals surface area contributed by atoms with E-state index in [-0.39, 0.29) is 5.75 Å². The molecule has 0 spiro atoms. The molecular weight excluding hydrogens is 313 g/mol. The summed E-state index contributed by atoms with van der Waals surface area (Å²) < 4.78 is 24.8. The number of hydrogen-bond acceptors (Lipinski definition) is 3. The van der Waals surface area contributed by atoms with Gasteiger partial charge in [0.15, 0.2) is 17.3 Å². The number of nitrogens with one attached hydrogen (secondary N) is 1. The van der Waals surface area contributed by atoms with Gasteiger partial charge in [-0.3, -0.25) is 0 Å². The molecular formula is C14H19BrFNO2. The quantitative estimate of drug-likeness (QED) is 0.919. The van der Waals surface area contributed by atoms with Crippen molar-refractivity contribution in [3.8, 4) is 11.5 Å². The van der Waals surface area contributed by atoms with Gasteiger partial charge in [-0.2, -0.15) is 0 Å². The Hall–Kier alpha value is -0.810. The molecule has 1 N–H and O–H groups in total. The summed E-state index contributed by atoms with van der Waals surface area (Å²) >= 11 is 3.24. The molecule has 1 aromatic rings. The highest BCUT2D eigenvalue weighted by Gasteiger charge is 2.22. The Morgan fingerprint density at radius 1 is 1.37 bits per heavy atom. The summed E-state index contributed by atoms with van der Waals surface area (Å²) in [5.41, 5.74) is 0.987. The summed E-state index contributed by atoms with van der Waals surface area (Å²) in [6.45, 7) is 2.09. The van der Waals surface area contributed by atoms with Crippen molar-refractivity contribution in [3.05, 3.63) is 21.9 Å². The standard InChI is InChI=1S/C14H19BrFNO2/c1-18-13-10(6-9-4-3-5-17-8-9)7-11(15)12(16)14(13)19-2/h7,9,17H,3-6,8H2,1-2H3. The molecule has 0 bridgehead atoms. The molecule has 106 valence electrons. The summed E-state index contributed by atoms with van der Waals surface area (Å²) in [5.74, 6) is 0.832. The fourth-order valence-electron chi connectivity index (χ4n) is 2.60. The second kappa shape index (κ2) is 6.57. The number of piperidine rings is 1. The van der Waals surface area contributed by atoms with Gasteiger partial charge < -0.3 is 14.8 Å². The van der Waals surface area contributed by atoms with E-state index in [9.17, 15) is 4.39 Å². The van der Waals surface area contributed by atoms with Gasteiger partial charge in [-0.25, -0.2) is 4.39 Å². The molecule has 1 unspecified atom stereocenters. The van der Waals surface area contributed by atoms with Gasteiger partial charge in [0.1, 0.15) is 0 Å². The van der Waals surface area contributed by atoms with Gasteiger partial charge in [0.05, 0.1) is 18.7 Å². The maximum Gasteiger partial charge on any atom is 0.198 e. The minimum Gasteiger partial charge on any atom is -0.492 e. The third-order valence-electron chi connectivity index (χ3n) is 3.52. The first-order valence-electron chi connectivity index (χ1n) is 6.47. The third kappa shape index (κ3) is 3.20. The van der Waals surface area contributed by atoms with Crippen molar-refractivity contribution in [2.75, 3.05) is 27.3 Å². The van der Waals surface area contributed by atoms with Crippen LogP contribution in [0.3, 0.4) is 0 Å². The van der Waals surface area contributed by atoms with Crippen molar-refractivity contribution in [1.29, 1.82) is 0 Å². The summed E-state index contributed by atoms with van der Waals surface area (Å²) in [5, 5.41) is 3.39. The van der Waals surface area contributed by atoms with Gasteiger partial charge in [0, 0.05) is 0 Å². The number of hydrogen-bond donors (Lipinski definition) is 1. The molecule has 0 radical (unpaired) electrons. The zero-order valence-electron chi connectivity index (χ0n) is 11.3. The molecule has 0 aliphatic carbocycles. The van der Waals surface area contributed by atoms with Crippen LogP contribution in [0.2, 0.25) is 0 Å². The Labute approximate surface area is 121 Å². The summed E-state index contributed by atoms with van der Waals surface area (Å²) in [6, 6.07) is 1.80. The zero-order valence-corrected chi connectivity index (χ0v) is 12.8. The van der Waals surface area contributed by atoms with E-state index >= 15 is 0 Å². The Kier molecular flexibility index (Phi) is 5.05. The zero-order chi connectivity index (χ0) is 13.8. The van der Waals surface area contributed by atoms with Crippen molar-refractivity contribution >= 4 is 15.9 Å². The Morgan fingerprint density at radius 3 is 2.68 bits per heavy atom. The summed E-state index contributed by atoms with van der Waals surface area (Å²) in [7, 11) is 3.01. The number of halogens is 2. The van der Waals surface area contributed by atoms with E-state index in [1.54, 1.807) is 13.2 Å². The first-order valence-corrected chi connectivity index (χ1v) is 7.26. The Bertz CT molecular complexity index is 448. The molecule has 0 aromatic heterocycles. The SMILES string of the molecule is COc1c(CC2CCCNC2)cc(Br)c(F)c1OC. The molecule has 19 heavy (non-hydrogen) atoms. The van der Waals surface area contributed by atoms with Gasteiger partial charge in [-0.1, -0.05) is 0 Å². The molecule has 5 heteroatoms. The minimum absolute atomic E-state index is 0.177. The average Bonchev–Trinajstić information content (AvgIpc) is 2.43. The van der Waals surface area contributed by atoms with E-state index in [0.717, 1.165) is 25.1 Å². The first-order chi connectivity index (χ1) is 9.17. The largest absolute Gasteiger partial charge is 0.492 e. The molecule has 0 saturated carbocycles. The lowest BCUT2D eigenvalue weighted by atomic mass is 9.92. The van der Waals surface area contributed by atoms with Crippen molar-refractivity contribution in [2.24, 2.45) is 5.92 Å². The molecule has 2 rings (SSSR count). The van der Waals surface area contributed by atoms with Crippen molar-refractivity contribution in [2.45, 2.75) is 19.3 Å². The fraction of sp³-hybridized carbons (Fsp3) is 0.571. The van der Waals surface area contributed by atoms with Crippen LogP contribution < -0.4 is 14.8 Å². The van der Waals surface area contributed by atoms with Crippen LogP contribution in [-0.4, -0.2) is 27.3 Å². The third-order valence-corrected chi connectivity index (χ3v) is 4.10. The molecule has 1 aromatic carbocycles. The first kappa shape index (κ1) is 14.6. The van der Waals surface area contributed by atoms with Crippen LogP contribution in [0, 0.1) is 11.7 Å². The van der Waals surface area contributed by atoms with E-state index in [2.05, 4.69) is 21.2 Å². The van der Waals surface area contributed by atoms with E-state index in [4.69, 9.17) is 9.47 Å². The van der Waals surface area contributed by atoms with Crippen LogP contribution in [0.1, 0.15) is 18.4 Å². The number of rotatable bonds is 4. The highest BCUT2D eigenvalue weighted by atomic mass is 79.9. The van der Waals surface area contributed by atoms with Crippen LogP contribution in [0.5, 0.6) is 11.5 Å². The summed E-state index contributed by atoms with van der Waals surface area (Å²) in [4.78, 5) is 0. The molecule has 1 aliphatic heterocycles. The lowest BCUT2D eigenvalue weighted by Gasteiger charge is -2.24. The normalized spacial score (nSPS) is 19.3. The number of methoxy groups -OCH3 is 2. The van der Waals surface area contributed by atoms with Gasteiger partial charge in [0.2, 0.25) is 0 Å². The smallest absolute Gasteiger partial charge is 0.198 e. The van der Waals surface area contributed by atoms with Crippen LogP contribution in [0.15, 0.2) is 10.5 Å².